The van der Waals surface area contributed by atoms with Crippen molar-refractivity contribution in [3.63, 3.8) is 0 Å². The van der Waals surface area contributed by atoms with E-state index < -0.39 is 17.3 Å². The van der Waals surface area contributed by atoms with Gasteiger partial charge in [-0.1, -0.05) is 0 Å². The fraction of sp³-hybridized carbons (Fsp3) is 0.0625. The van der Waals surface area contributed by atoms with Gasteiger partial charge in [-0.05, 0) is 42.1 Å². The minimum atomic E-state index is -4.38. The summed E-state index contributed by atoms with van der Waals surface area (Å²) in [5.41, 5.74) is 2.41. The number of nitrogens with two attached hydrogens (primary N) is 1. The van der Waals surface area contributed by atoms with Crippen molar-refractivity contribution in [1.82, 2.24) is 9.97 Å². The van der Waals surface area contributed by atoms with E-state index in [1.54, 1.807) is 17.6 Å². The molecule has 0 spiro atoms. The molecule has 27 heavy (non-hydrogen) atoms. The van der Waals surface area contributed by atoms with Crippen LogP contribution in [-0.4, -0.2) is 27.3 Å². The third-order valence-electron chi connectivity index (χ3n) is 3.32. The lowest BCUT2D eigenvalue weighted by Gasteiger charge is -2.06. The van der Waals surface area contributed by atoms with Crippen molar-refractivity contribution in [3.8, 4) is 11.3 Å². The number of primary amides is 1. The number of nitrogens with one attached hydrogen (secondary N) is 2. The number of H-pyrrole nitrogens is 1. The van der Waals surface area contributed by atoms with Gasteiger partial charge in [0.1, 0.15) is 5.69 Å². The van der Waals surface area contributed by atoms with Gasteiger partial charge in [-0.3, -0.25) is 14.9 Å². The van der Waals surface area contributed by atoms with E-state index in [2.05, 4.69) is 15.3 Å². The Kier molecular flexibility index (Phi) is 5.24. The van der Waals surface area contributed by atoms with Gasteiger partial charge >= 0.3 is 5.51 Å². The highest BCUT2D eigenvalue weighted by Gasteiger charge is 2.29. The van der Waals surface area contributed by atoms with Crippen LogP contribution >= 0.6 is 23.1 Å². The number of rotatable bonds is 5. The van der Waals surface area contributed by atoms with Gasteiger partial charge in [0.15, 0.2) is 5.13 Å². The zero-order chi connectivity index (χ0) is 19.6. The summed E-state index contributed by atoms with van der Waals surface area (Å²) in [6, 6.07) is 6.61. The molecule has 0 unspecified atom stereocenters. The normalized spacial score (nSPS) is 11.4. The van der Waals surface area contributed by atoms with Gasteiger partial charge in [-0.15, -0.1) is 11.3 Å². The maximum atomic E-state index is 12.3. The second kappa shape index (κ2) is 7.45. The summed E-state index contributed by atoms with van der Waals surface area (Å²) in [5.74, 6) is -1.09. The number of aromatic amines is 1. The molecule has 0 aliphatic heterocycles. The Bertz CT molecular complexity index is 980. The number of anilines is 1. The van der Waals surface area contributed by atoms with E-state index in [0.717, 1.165) is 0 Å². The van der Waals surface area contributed by atoms with Gasteiger partial charge in [0.05, 0.1) is 5.69 Å². The molecular formula is C16H11F3N4O2S2. The molecule has 6 nitrogen and oxygen atoms in total. The SMILES string of the molecule is NC(=O)c1cc(-c2csc(NC(=O)c3ccc(SC(F)(F)F)cc3)n2)c[nH]1. The number of amides is 2. The maximum absolute atomic E-state index is 12.3. The number of carbonyl (C=O) groups excluding carboxylic acids is 2. The van der Waals surface area contributed by atoms with Crippen molar-refractivity contribution < 1.29 is 22.8 Å². The first-order valence-electron chi connectivity index (χ1n) is 7.32. The van der Waals surface area contributed by atoms with E-state index in [1.165, 1.54) is 35.6 Å². The lowest BCUT2D eigenvalue weighted by atomic mass is 10.2. The van der Waals surface area contributed by atoms with Crippen LogP contribution in [0, 0.1) is 0 Å². The minimum Gasteiger partial charge on any atom is -0.364 e. The summed E-state index contributed by atoms with van der Waals surface area (Å²) in [4.78, 5) is 30.3. The lowest BCUT2D eigenvalue weighted by molar-refractivity contribution is -0.0328. The third-order valence-corrected chi connectivity index (χ3v) is 4.82. The molecule has 2 aromatic heterocycles. The maximum Gasteiger partial charge on any atom is 0.446 e. The Morgan fingerprint density at radius 3 is 2.52 bits per heavy atom. The Hall–Kier alpha value is -2.79. The molecule has 0 aliphatic rings. The van der Waals surface area contributed by atoms with E-state index in [4.69, 9.17) is 5.73 Å². The van der Waals surface area contributed by atoms with Crippen LogP contribution in [0.3, 0.4) is 0 Å². The number of halogens is 3. The molecule has 0 atom stereocenters. The molecule has 3 aromatic rings. The van der Waals surface area contributed by atoms with Gasteiger partial charge in [0.25, 0.3) is 11.8 Å². The van der Waals surface area contributed by atoms with E-state index >= 15 is 0 Å². The zero-order valence-corrected chi connectivity index (χ0v) is 15.0. The molecule has 0 saturated carbocycles. The second-order valence-electron chi connectivity index (χ2n) is 5.23. The molecule has 0 aliphatic carbocycles. The zero-order valence-electron chi connectivity index (χ0n) is 13.3. The predicted molar refractivity (Wildman–Crippen MR) is 96.7 cm³/mol. The number of hydrogen-bond donors (Lipinski definition) is 3. The van der Waals surface area contributed by atoms with Crippen molar-refractivity contribution >= 4 is 40.0 Å². The van der Waals surface area contributed by atoms with E-state index in [1.807, 2.05) is 0 Å². The van der Waals surface area contributed by atoms with Gasteiger partial charge < -0.3 is 10.7 Å². The molecule has 0 fully saturated rings. The fourth-order valence-corrected chi connectivity index (χ4v) is 3.38. The first kappa shape index (κ1) is 19.0. The Labute approximate surface area is 159 Å². The van der Waals surface area contributed by atoms with Crippen LogP contribution < -0.4 is 11.1 Å². The number of hydrogen-bond acceptors (Lipinski definition) is 5. The fourth-order valence-electron chi connectivity index (χ4n) is 2.13. The number of benzene rings is 1. The molecule has 1 aromatic carbocycles. The molecule has 2 amide bonds. The van der Waals surface area contributed by atoms with Crippen LogP contribution in [0.2, 0.25) is 0 Å². The summed E-state index contributed by atoms with van der Waals surface area (Å²) in [6.45, 7) is 0. The number of thiazole rings is 1. The van der Waals surface area contributed by atoms with Crippen molar-refractivity contribution in [2.45, 2.75) is 10.4 Å². The minimum absolute atomic E-state index is 0.00621. The standard InChI is InChI=1S/C16H11F3N4O2S2/c17-16(18,19)27-10-3-1-8(2-4-10)14(25)23-15-22-12(7-26-15)9-5-11(13(20)24)21-6-9/h1-7,21H,(H2,20,24)(H,22,23,25). The molecule has 0 saturated heterocycles. The number of thioether (sulfide) groups is 1. The highest BCUT2D eigenvalue weighted by atomic mass is 32.2. The largest absolute Gasteiger partial charge is 0.446 e. The van der Waals surface area contributed by atoms with Crippen molar-refractivity contribution in [2.75, 3.05) is 5.32 Å². The highest BCUT2D eigenvalue weighted by Crippen LogP contribution is 2.36. The molecule has 0 bridgehead atoms. The molecule has 140 valence electrons. The Morgan fingerprint density at radius 2 is 1.93 bits per heavy atom. The van der Waals surface area contributed by atoms with Crippen LogP contribution in [0.15, 0.2) is 46.8 Å². The first-order chi connectivity index (χ1) is 12.7. The summed E-state index contributed by atoms with van der Waals surface area (Å²) >= 11 is 0.922. The van der Waals surface area contributed by atoms with Crippen LogP contribution in [0.1, 0.15) is 20.8 Å². The third kappa shape index (κ3) is 4.89. The van der Waals surface area contributed by atoms with Crippen molar-refractivity contribution in [3.05, 3.63) is 53.2 Å². The van der Waals surface area contributed by atoms with Crippen LogP contribution in [-0.2, 0) is 0 Å². The Balaban J connectivity index is 1.67. The topological polar surface area (TPSA) is 101 Å². The van der Waals surface area contributed by atoms with Crippen LogP contribution in [0.4, 0.5) is 18.3 Å². The van der Waals surface area contributed by atoms with Gasteiger partial charge in [-0.25, -0.2) is 4.98 Å². The summed E-state index contributed by atoms with van der Waals surface area (Å²) in [5, 5.41) is 4.58. The number of nitrogens with zero attached hydrogens (tertiary/aromatic N) is 1. The molecule has 11 heteroatoms. The highest BCUT2D eigenvalue weighted by molar-refractivity contribution is 8.00. The predicted octanol–water partition coefficient (Wildman–Crippen LogP) is 4.10. The average Bonchev–Trinajstić information content (AvgIpc) is 3.23. The van der Waals surface area contributed by atoms with Crippen molar-refractivity contribution in [1.29, 1.82) is 0 Å². The van der Waals surface area contributed by atoms with E-state index in [-0.39, 0.29) is 27.9 Å². The monoisotopic (exact) mass is 412 g/mol. The number of carbonyl (C=O) groups is 2. The molecule has 0 radical (unpaired) electrons. The average molecular weight is 412 g/mol. The second-order valence-corrected chi connectivity index (χ2v) is 7.23. The summed E-state index contributed by atoms with van der Waals surface area (Å²) in [7, 11) is 0. The summed E-state index contributed by atoms with van der Waals surface area (Å²) in [6.07, 6.45) is 1.57. The molecule has 2 heterocycles. The number of alkyl halides is 3. The van der Waals surface area contributed by atoms with Crippen LogP contribution in [0.25, 0.3) is 11.3 Å². The molecule has 3 rings (SSSR count). The quantitative estimate of drug-likeness (QED) is 0.549. The van der Waals surface area contributed by atoms with Gasteiger partial charge in [-0.2, -0.15) is 13.2 Å². The van der Waals surface area contributed by atoms with Gasteiger partial charge in [0.2, 0.25) is 0 Å². The van der Waals surface area contributed by atoms with Crippen molar-refractivity contribution in [2.24, 2.45) is 5.73 Å². The van der Waals surface area contributed by atoms with E-state index in [0.29, 0.717) is 16.4 Å². The lowest BCUT2D eigenvalue weighted by Crippen LogP contribution is -2.11. The smallest absolute Gasteiger partial charge is 0.364 e. The first-order valence-corrected chi connectivity index (χ1v) is 9.02. The molecular weight excluding hydrogens is 401 g/mol. The molecule has 4 N–H and O–H groups in total. The van der Waals surface area contributed by atoms with Gasteiger partial charge in [0, 0.05) is 27.6 Å². The number of aromatic nitrogens is 2. The van der Waals surface area contributed by atoms with E-state index in [9.17, 15) is 22.8 Å². The summed E-state index contributed by atoms with van der Waals surface area (Å²) < 4.78 is 37.0. The van der Waals surface area contributed by atoms with Crippen LogP contribution in [0.5, 0.6) is 0 Å². The Morgan fingerprint density at radius 1 is 1.22 bits per heavy atom.